The molecule has 0 heterocycles. The summed E-state index contributed by atoms with van der Waals surface area (Å²) in [6.07, 6.45) is 0.818. The normalized spacial score (nSPS) is 12.8. The topological polar surface area (TPSA) is 84.5 Å². The van der Waals surface area contributed by atoms with Crippen LogP contribution in [0.1, 0.15) is 38.7 Å². The first kappa shape index (κ1) is 19.7. The minimum atomic E-state index is -0.495. The summed E-state index contributed by atoms with van der Waals surface area (Å²) in [5, 5.41) is 4.98. The van der Waals surface area contributed by atoms with Gasteiger partial charge in [-0.1, -0.05) is 50.6 Å². The van der Waals surface area contributed by atoms with Crippen molar-refractivity contribution in [2.75, 3.05) is 19.7 Å². The maximum atomic E-state index is 12.4. The number of benzene rings is 1. The van der Waals surface area contributed by atoms with Crippen LogP contribution in [0.15, 0.2) is 30.3 Å². The largest absolute Gasteiger partial charge is 0.455 e. The Bertz CT molecular complexity index is 545. The number of ether oxygens (including phenoxy) is 1. The smallest absolute Gasteiger partial charge is 0.314 e. The lowest BCUT2D eigenvalue weighted by atomic mass is 9.86. The molecule has 0 bridgehead atoms. The predicted molar refractivity (Wildman–Crippen MR) is 91.3 cm³/mol. The molecule has 0 aliphatic heterocycles. The number of likely N-dealkylation sites (N-methyl/N-ethyl adjacent to an activating group) is 1. The Hall–Kier alpha value is -2.37. The van der Waals surface area contributed by atoms with Crippen molar-refractivity contribution in [1.29, 1.82) is 0 Å². The lowest BCUT2D eigenvalue weighted by Gasteiger charge is -2.21. The SMILES string of the molecule is CCNC(=O)CNC(=O)COC(=O)[C@H](c1ccccc1)[C@@H](C)CC. The Morgan fingerprint density at radius 2 is 1.71 bits per heavy atom. The Morgan fingerprint density at radius 1 is 1.04 bits per heavy atom. The maximum absolute atomic E-state index is 12.4. The van der Waals surface area contributed by atoms with Gasteiger partial charge in [0, 0.05) is 6.54 Å². The van der Waals surface area contributed by atoms with Crippen LogP contribution in [0.5, 0.6) is 0 Å². The van der Waals surface area contributed by atoms with Crippen molar-refractivity contribution in [2.24, 2.45) is 5.92 Å². The second kappa shape index (κ2) is 10.4. The molecule has 132 valence electrons. The first-order chi connectivity index (χ1) is 11.5. The molecular weight excluding hydrogens is 308 g/mol. The molecule has 1 rings (SSSR count). The molecule has 0 spiro atoms. The average Bonchev–Trinajstić information content (AvgIpc) is 2.59. The van der Waals surface area contributed by atoms with E-state index in [9.17, 15) is 14.4 Å². The molecule has 2 amide bonds. The maximum Gasteiger partial charge on any atom is 0.314 e. The molecule has 0 saturated heterocycles. The molecule has 6 heteroatoms. The standard InChI is InChI=1S/C18H26N2O4/c1-4-13(3)17(14-9-7-6-8-10-14)18(23)24-12-16(22)20-11-15(21)19-5-2/h6-10,13,17H,4-5,11-12H2,1-3H3,(H,19,21)(H,20,22)/t13-,17-/m0/s1. The molecule has 2 N–H and O–H groups in total. The third-order valence-corrected chi connectivity index (χ3v) is 3.79. The third kappa shape index (κ3) is 6.40. The quantitative estimate of drug-likeness (QED) is 0.672. The van der Waals surface area contributed by atoms with E-state index in [2.05, 4.69) is 10.6 Å². The first-order valence-electron chi connectivity index (χ1n) is 8.24. The monoisotopic (exact) mass is 334 g/mol. The van der Waals surface area contributed by atoms with Crippen LogP contribution in [-0.2, 0) is 19.1 Å². The fourth-order valence-corrected chi connectivity index (χ4v) is 2.31. The molecule has 1 aromatic carbocycles. The molecule has 24 heavy (non-hydrogen) atoms. The second-order valence-corrected chi connectivity index (χ2v) is 5.61. The summed E-state index contributed by atoms with van der Waals surface area (Å²) in [7, 11) is 0. The molecule has 0 fully saturated rings. The van der Waals surface area contributed by atoms with Crippen LogP contribution in [0, 0.1) is 5.92 Å². The van der Waals surface area contributed by atoms with Crippen molar-refractivity contribution < 1.29 is 19.1 Å². The predicted octanol–water partition coefficient (Wildman–Crippen LogP) is 1.61. The van der Waals surface area contributed by atoms with E-state index in [-0.39, 0.29) is 18.4 Å². The Labute approximate surface area is 143 Å². The van der Waals surface area contributed by atoms with Crippen LogP contribution in [0.25, 0.3) is 0 Å². The molecule has 0 aliphatic carbocycles. The van der Waals surface area contributed by atoms with Gasteiger partial charge in [-0.3, -0.25) is 14.4 Å². The van der Waals surface area contributed by atoms with E-state index >= 15 is 0 Å². The molecule has 1 aromatic rings. The van der Waals surface area contributed by atoms with Gasteiger partial charge in [-0.25, -0.2) is 0 Å². The van der Waals surface area contributed by atoms with E-state index in [0.29, 0.717) is 6.54 Å². The Kier molecular flexibility index (Phi) is 8.54. The number of carbonyl (C=O) groups excluding carboxylic acids is 3. The summed E-state index contributed by atoms with van der Waals surface area (Å²) in [6.45, 7) is 5.76. The summed E-state index contributed by atoms with van der Waals surface area (Å²) in [4.78, 5) is 35.4. The van der Waals surface area contributed by atoms with Crippen molar-refractivity contribution in [3.63, 3.8) is 0 Å². The van der Waals surface area contributed by atoms with E-state index in [1.165, 1.54) is 0 Å². The van der Waals surface area contributed by atoms with Gasteiger partial charge in [-0.15, -0.1) is 0 Å². The molecule has 0 radical (unpaired) electrons. The fourth-order valence-electron chi connectivity index (χ4n) is 2.31. The number of hydrogen-bond acceptors (Lipinski definition) is 4. The van der Waals surface area contributed by atoms with Gasteiger partial charge in [0.2, 0.25) is 5.91 Å². The molecule has 0 aliphatic rings. The van der Waals surface area contributed by atoms with Gasteiger partial charge in [0.05, 0.1) is 12.5 Å². The molecule has 2 atom stereocenters. The van der Waals surface area contributed by atoms with Crippen LogP contribution in [0.2, 0.25) is 0 Å². The van der Waals surface area contributed by atoms with Crippen molar-refractivity contribution in [2.45, 2.75) is 33.1 Å². The summed E-state index contributed by atoms with van der Waals surface area (Å²) in [5.74, 6) is -1.51. The summed E-state index contributed by atoms with van der Waals surface area (Å²) >= 11 is 0. The van der Waals surface area contributed by atoms with Crippen LogP contribution < -0.4 is 10.6 Å². The van der Waals surface area contributed by atoms with Crippen LogP contribution in [0.3, 0.4) is 0 Å². The fraction of sp³-hybridized carbons (Fsp3) is 0.500. The number of rotatable bonds is 9. The number of amides is 2. The number of nitrogens with one attached hydrogen (secondary N) is 2. The molecule has 0 unspecified atom stereocenters. The van der Waals surface area contributed by atoms with Crippen molar-refractivity contribution in [3.8, 4) is 0 Å². The highest BCUT2D eigenvalue weighted by molar-refractivity contribution is 5.87. The number of hydrogen-bond donors (Lipinski definition) is 2. The lowest BCUT2D eigenvalue weighted by molar-refractivity contribution is -0.151. The van der Waals surface area contributed by atoms with Crippen molar-refractivity contribution >= 4 is 17.8 Å². The molecule has 6 nitrogen and oxygen atoms in total. The zero-order chi connectivity index (χ0) is 17.9. The molecular formula is C18H26N2O4. The van der Waals surface area contributed by atoms with Crippen LogP contribution in [-0.4, -0.2) is 37.5 Å². The third-order valence-electron chi connectivity index (χ3n) is 3.79. The van der Waals surface area contributed by atoms with Crippen LogP contribution in [0.4, 0.5) is 0 Å². The van der Waals surface area contributed by atoms with Gasteiger partial charge in [0.25, 0.3) is 5.91 Å². The van der Waals surface area contributed by atoms with E-state index in [4.69, 9.17) is 4.74 Å². The van der Waals surface area contributed by atoms with E-state index in [1.807, 2.05) is 44.2 Å². The summed E-state index contributed by atoms with van der Waals surface area (Å²) in [6, 6.07) is 9.39. The highest BCUT2D eigenvalue weighted by atomic mass is 16.5. The van der Waals surface area contributed by atoms with Crippen molar-refractivity contribution in [3.05, 3.63) is 35.9 Å². The highest BCUT2D eigenvalue weighted by Crippen LogP contribution is 2.28. The molecule has 0 saturated carbocycles. The summed E-state index contributed by atoms with van der Waals surface area (Å²) in [5.41, 5.74) is 0.875. The first-order valence-corrected chi connectivity index (χ1v) is 8.24. The van der Waals surface area contributed by atoms with Gasteiger partial charge in [0.15, 0.2) is 6.61 Å². The average molecular weight is 334 g/mol. The zero-order valence-electron chi connectivity index (χ0n) is 14.5. The summed E-state index contributed by atoms with van der Waals surface area (Å²) < 4.78 is 5.15. The Morgan fingerprint density at radius 3 is 2.29 bits per heavy atom. The van der Waals surface area contributed by atoms with Gasteiger partial charge < -0.3 is 15.4 Å². The lowest BCUT2D eigenvalue weighted by Crippen LogP contribution is -2.39. The number of carbonyl (C=O) groups is 3. The van der Waals surface area contributed by atoms with Gasteiger partial charge in [-0.2, -0.15) is 0 Å². The van der Waals surface area contributed by atoms with E-state index in [0.717, 1.165) is 12.0 Å². The highest BCUT2D eigenvalue weighted by Gasteiger charge is 2.27. The number of esters is 1. The van der Waals surface area contributed by atoms with Crippen molar-refractivity contribution in [1.82, 2.24) is 10.6 Å². The Balaban J connectivity index is 2.57. The second-order valence-electron chi connectivity index (χ2n) is 5.61. The van der Waals surface area contributed by atoms with Gasteiger partial charge in [-0.05, 0) is 18.4 Å². The van der Waals surface area contributed by atoms with E-state index in [1.54, 1.807) is 6.92 Å². The minimum absolute atomic E-state index is 0.0956. The van der Waals surface area contributed by atoms with Crippen LogP contribution >= 0.6 is 0 Å². The van der Waals surface area contributed by atoms with Gasteiger partial charge >= 0.3 is 5.97 Å². The van der Waals surface area contributed by atoms with E-state index < -0.39 is 24.4 Å². The minimum Gasteiger partial charge on any atom is -0.455 e. The van der Waals surface area contributed by atoms with Gasteiger partial charge in [0.1, 0.15) is 0 Å². The molecule has 0 aromatic heterocycles. The zero-order valence-corrected chi connectivity index (χ0v) is 14.5.